The Morgan fingerprint density at radius 3 is 2.56 bits per heavy atom. The number of esters is 1. The van der Waals surface area contributed by atoms with Crippen molar-refractivity contribution in [2.24, 2.45) is 0 Å². The van der Waals surface area contributed by atoms with Gasteiger partial charge in [-0.3, -0.25) is 4.79 Å². The summed E-state index contributed by atoms with van der Waals surface area (Å²) in [7, 11) is 2.63. The summed E-state index contributed by atoms with van der Waals surface area (Å²) < 4.78 is 49.6. The molecule has 6 nitrogen and oxygen atoms in total. The molecule has 4 rings (SSSR count). The van der Waals surface area contributed by atoms with Crippen LogP contribution in [0.2, 0.25) is 0 Å². The highest BCUT2D eigenvalue weighted by molar-refractivity contribution is 6.20. The summed E-state index contributed by atoms with van der Waals surface area (Å²) >= 11 is 6.62. The number of amides is 1. The van der Waals surface area contributed by atoms with E-state index in [9.17, 15) is 22.8 Å². The van der Waals surface area contributed by atoms with E-state index in [1.807, 2.05) is 53.8 Å². The molecule has 1 fully saturated rings. The number of hydrogen-bond acceptors (Lipinski definition) is 5. The molecular formula is C26H28ClF3N2O4. The highest BCUT2D eigenvalue weighted by Gasteiger charge is 2.55. The molecule has 1 saturated carbocycles. The van der Waals surface area contributed by atoms with Gasteiger partial charge in [0.2, 0.25) is 0 Å². The van der Waals surface area contributed by atoms with Crippen molar-refractivity contribution in [2.75, 3.05) is 19.1 Å². The fraction of sp³-hybridized carbons (Fsp3) is 0.462. The van der Waals surface area contributed by atoms with Crippen LogP contribution in [0.25, 0.3) is 0 Å². The number of alkyl halides is 4. The van der Waals surface area contributed by atoms with Gasteiger partial charge in [-0.05, 0) is 55.0 Å². The molecule has 1 aliphatic heterocycles. The van der Waals surface area contributed by atoms with E-state index >= 15 is 0 Å². The first kappa shape index (κ1) is 26.1. The number of anilines is 1. The van der Waals surface area contributed by atoms with Gasteiger partial charge in [0, 0.05) is 29.1 Å². The molecule has 0 aromatic heterocycles. The van der Waals surface area contributed by atoms with Crippen LogP contribution in [-0.2, 0) is 26.3 Å². The highest BCUT2D eigenvalue weighted by atomic mass is 35.5. The summed E-state index contributed by atoms with van der Waals surface area (Å²) in [5.41, 5.74) is 2.06. The lowest BCUT2D eigenvalue weighted by Gasteiger charge is -2.45. The molecule has 0 spiro atoms. The SMILES string of the molecule is COC(=O)C(C[C@]12CC[C@H](Cl)C[C@H]1N(Cc1ccccc1)c1ccc(OC)cc12)NC(=O)C(F)(F)F. The predicted molar refractivity (Wildman–Crippen MR) is 129 cm³/mol. The Bertz CT molecular complexity index is 1110. The number of carbonyl (C=O) groups excluding carboxylic acids is 2. The summed E-state index contributed by atoms with van der Waals surface area (Å²) in [5.74, 6) is -2.52. The molecule has 2 aromatic carbocycles. The van der Waals surface area contributed by atoms with Crippen LogP contribution in [0.5, 0.6) is 5.75 Å². The van der Waals surface area contributed by atoms with Gasteiger partial charge in [-0.1, -0.05) is 30.3 Å². The topological polar surface area (TPSA) is 67.9 Å². The lowest BCUT2D eigenvalue weighted by molar-refractivity contribution is -0.176. The first-order valence-corrected chi connectivity index (χ1v) is 12.1. The van der Waals surface area contributed by atoms with Crippen LogP contribution in [0.1, 0.15) is 36.8 Å². The Balaban J connectivity index is 1.80. The summed E-state index contributed by atoms with van der Waals surface area (Å²) in [4.78, 5) is 26.7. The van der Waals surface area contributed by atoms with E-state index in [1.54, 1.807) is 7.11 Å². The second-order valence-corrected chi connectivity index (χ2v) is 9.91. The molecule has 2 aromatic rings. The smallest absolute Gasteiger partial charge is 0.471 e. The monoisotopic (exact) mass is 524 g/mol. The summed E-state index contributed by atoms with van der Waals surface area (Å²) in [5, 5.41) is 1.74. The number of benzene rings is 2. The molecular weight excluding hydrogens is 497 g/mol. The third kappa shape index (κ3) is 4.98. The fourth-order valence-electron chi connectivity index (χ4n) is 5.63. The van der Waals surface area contributed by atoms with Crippen LogP contribution in [0.4, 0.5) is 18.9 Å². The molecule has 1 unspecified atom stereocenters. The number of nitrogens with one attached hydrogen (secondary N) is 1. The zero-order chi connectivity index (χ0) is 26.1. The molecule has 1 aliphatic carbocycles. The minimum Gasteiger partial charge on any atom is -0.497 e. The number of carbonyl (C=O) groups is 2. The predicted octanol–water partition coefficient (Wildman–Crippen LogP) is 4.72. The third-order valence-electron chi connectivity index (χ3n) is 7.26. The number of halogens is 4. The lowest BCUT2D eigenvalue weighted by Crippen LogP contribution is -2.55. The van der Waals surface area contributed by atoms with Crippen molar-refractivity contribution in [1.82, 2.24) is 5.32 Å². The largest absolute Gasteiger partial charge is 0.497 e. The molecule has 1 N–H and O–H groups in total. The molecule has 2 aliphatic rings. The maximum absolute atomic E-state index is 13.1. The van der Waals surface area contributed by atoms with Gasteiger partial charge in [0.25, 0.3) is 0 Å². The second kappa shape index (κ2) is 10.2. The van der Waals surface area contributed by atoms with Crippen LogP contribution in [0.15, 0.2) is 48.5 Å². The van der Waals surface area contributed by atoms with Gasteiger partial charge in [0.05, 0.1) is 14.2 Å². The summed E-state index contributed by atoms with van der Waals surface area (Å²) in [6.45, 7) is 0.550. The van der Waals surface area contributed by atoms with E-state index in [0.717, 1.165) is 23.9 Å². The van der Waals surface area contributed by atoms with Crippen molar-refractivity contribution in [3.63, 3.8) is 0 Å². The van der Waals surface area contributed by atoms with Gasteiger partial charge < -0.3 is 19.7 Å². The van der Waals surface area contributed by atoms with Crippen molar-refractivity contribution in [3.8, 4) is 5.75 Å². The van der Waals surface area contributed by atoms with Crippen molar-refractivity contribution in [1.29, 1.82) is 0 Å². The van der Waals surface area contributed by atoms with Crippen LogP contribution in [0.3, 0.4) is 0 Å². The number of methoxy groups -OCH3 is 2. The van der Waals surface area contributed by atoms with Crippen molar-refractivity contribution >= 4 is 29.2 Å². The van der Waals surface area contributed by atoms with Crippen LogP contribution >= 0.6 is 11.6 Å². The standard InChI is InChI=1S/C26H28ClF3N2O4/c1-35-18-8-9-21-19(13-18)25(14-20(23(33)36-2)31-24(34)26(28,29)30)11-10-17(27)12-22(25)32(21)15-16-6-4-3-5-7-16/h3-9,13,17,20,22H,10-12,14-15H2,1-2H3,(H,31,34)/t17-,20?,22+,25-/m0/s1. The number of fused-ring (bicyclic) bond motifs is 3. The molecule has 10 heteroatoms. The van der Waals surface area contributed by atoms with E-state index in [4.69, 9.17) is 21.1 Å². The van der Waals surface area contributed by atoms with E-state index < -0.39 is 29.5 Å². The summed E-state index contributed by atoms with van der Waals surface area (Å²) in [6.07, 6.45) is -3.51. The van der Waals surface area contributed by atoms with Crippen LogP contribution in [0, 0.1) is 0 Å². The first-order chi connectivity index (χ1) is 17.1. The van der Waals surface area contributed by atoms with Gasteiger partial charge in [0.1, 0.15) is 11.8 Å². The van der Waals surface area contributed by atoms with Crippen LogP contribution < -0.4 is 15.0 Å². The lowest BCUT2D eigenvalue weighted by atomic mass is 9.64. The molecule has 4 atom stereocenters. The minimum absolute atomic E-state index is 0.0682. The van der Waals surface area contributed by atoms with Crippen molar-refractivity contribution in [3.05, 3.63) is 59.7 Å². The Morgan fingerprint density at radius 2 is 1.92 bits per heavy atom. The Kier molecular flexibility index (Phi) is 7.41. The quantitative estimate of drug-likeness (QED) is 0.419. The molecule has 1 amide bonds. The Hall–Kier alpha value is -2.94. The van der Waals surface area contributed by atoms with Crippen molar-refractivity contribution < 1.29 is 32.2 Å². The average molecular weight is 525 g/mol. The maximum Gasteiger partial charge on any atom is 0.471 e. The molecule has 194 valence electrons. The highest BCUT2D eigenvalue weighted by Crippen LogP contribution is 2.56. The molecule has 0 bridgehead atoms. The molecule has 0 saturated heterocycles. The van der Waals surface area contributed by atoms with Gasteiger partial charge in [0.15, 0.2) is 0 Å². The minimum atomic E-state index is -5.13. The Labute approximate surface area is 212 Å². The van der Waals surface area contributed by atoms with E-state index in [2.05, 4.69) is 4.90 Å². The van der Waals surface area contributed by atoms with Gasteiger partial charge in [-0.25, -0.2) is 4.79 Å². The van der Waals surface area contributed by atoms with Crippen molar-refractivity contribution in [2.45, 2.75) is 61.3 Å². The maximum atomic E-state index is 13.1. The fourth-order valence-corrected chi connectivity index (χ4v) is 5.91. The molecule has 0 radical (unpaired) electrons. The first-order valence-electron chi connectivity index (χ1n) is 11.7. The van der Waals surface area contributed by atoms with E-state index in [0.29, 0.717) is 31.6 Å². The van der Waals surface area contributed by atoms with Gasteiger partial charge >= 0.3 is 18.1 Å². The molecule has 1 heterocycles. The van der Waals surface area contributed by atoms with Gasteiger partial charge in [-0.15, -0.1) is 11.6 Å². The van der Waals surface area contributed by atoms with Crippen LogP contribution in [-0.4, -0.2) is 49.7 Å². The number of ether oxygens (including phenoxy) is 2. The number of nitrogens with zero attached hydrogens (tertiary/aromatic N) is 1. The Morgan fingerprint density at radius 1 is 1.19 bits per heavy atom. The van der Waals surface area contributed by atoms with Gasteiger partial charge in [-0.2, -0.15) is 13.2 Å². The average Bonchev–Trinajstić information content (AvgIpc) is 3.11. The zero-order valence-electron chi connectivity index (χ0n) is 20.0. The number of hydrogen-bond donors (Lipinski definition) is 1. The summed E-state index contributed by atoms with van der Waals surface area (Å²) in [6, 6.07) is 13.8. The third-order valence-corrected chi connectivity index (χ3v) is 7.66. The number of rotatable bonds is 7. The normalized spacial score (nSPS) is 23.9. The zero-order valence-corrected chi connectivity index (χ0v) is 20.7. The molecule has 36 heavy (non-hydrogen) atoms. The van der Waals surface area contributed by atoms with E-state index in [-0.39, 0.29) is 17.8 Å². The van der Waals surface area contributed by atoms with E-state index in [1.165, 1.54) is 0 Å². The second-order valence-electron chi connectivity index (χ2n) is 9.29.